The van der Waals surface area contributed by atoms with E-state index < -0.39 is 13.3 Å². The van der Waals surface area contributed by atoms with Gasteiger partial charge in [0.1, 0.15) is 0 Å². The van der Waals surface area contributed by atoms with Crippen molar-refractivity contribution in [2.24, 2.45) is 0 Å². The summed E-state index contributed by atoms with van der Waals surface area (Å²) in [4.78, 5) is 10.4. The van der Waals surface area contributed by atoms with Gasteiger partial charge in [-0.15, -0.1) is 0 Å². The average Bonchev–Trinajstić information content (AvgIpc) is 2.53. The molecule has 0 aliphatic heterocycles. The van der Waals surface area contributed by atoms with E-state index in [4.69, 9.17) is 10.4 Å². The van der Waals surface area contributed by atoms with Crippen LogP contribution in [-0.4, -0.2) is 40.2 Å². The fraction of sp³-hybridized carbons (Fsp3) is 0.900. The minimum absolute atomic E-state index is 0.227. The normalized spacial score (nSPS) is 13.9. The van der Waals surface area contributed by atoms with Crippen LogP contribution in [0.4, 0.5) is 0 Å². The van der Waals surface area contributed by atoms with Gasteiger partial charge in [-0.1, -0.05) is 38.5 Å². The molecule has 0 aliphatic carbocycles. The fourth-order valence-corrected chi connectivity index (χ4v) is 7.24. The molecule has 1 N–H and O–H groups in total. The molecule has 0 bridgehead atoms. The van der Waals surface area contributed by atoms with Gasteiger partial charge in [-0.3, -0.25) is 4.79 Å². The highest BCUT2D eigenvalue weighted by molar-refractivity contribution is 7.61. The summed E-state index contributed by atoms with van der Waals surface area (Å²) < 4.78 is 15.7. The SMILES string of the molecule is CC(C)N(C(C)C)P(=O)(CCC#N)CCCCCCCCCCC(=O)O. The lowest BCUT2D eigenvalue weighted by Gasteiger charge is -2.38. The molecule has 5 nitrogen and oxygen atoms in total. The van der Waals surface area contributed by atoms with Crippen molar-refractivity contribution in [3.05, 3.63) is 0 Å². The van der Waals surface area contributed by atoms with Gasteiger partial charge in [0.05, 0.1) is 6.07 Å². The molecule has 0 saturated carbocycles. The number of hydrogen-bond donors (Lipinski definition) is 1. The van der Waals surface area contributed by atoms with Crippen LogP contribution in [0.3, 0.4) is 0 Å². The smallest absolute Gasteiger partial charge is 0.303 e. The third kappa shape index (κ3) is 11.0. The zero-order valence-corrected chi connectivity index (χ0v) is 18.1. The number of carbonyl (C=O) groups is 1. The Morgan fingerprint density at radius 2 is 1.38 bits per heavy atom. The van der Waals surface area contributed by atoms with Gasteiger partial charge < -0.3 is 9.67 Å². The summed E-state index contributed by atoms with van der Waals surface area (Å²) in [5.41, 5.74) is 0. The number of carboxylic acids is 1. The van der Waals surface area contributed by atoms with Crippen LogP contribution < -0.4 is 0 Å². The molecular formula is C20H39N2O3P. The van der Waals surface area contributed by atoms with Gasteiger partial charge in [-0.05, 0) is 40.5 Å². The van der Waals surface area contributed by atoms with Crippen LogP contribution in [0.25, 0.3) is 0 Å². The molecule has 6 heteroatoms. The molecule has 0 radical (unpaired) electrons. The first kappa shape index (κ1) is 25.1. The molecule has 0 fully saturated rings. The van der Waals surface area contributed by atoms with Crippen LogP contribution in [-0.2, 0) is 9.36 Å². The van der Waals surface area contributed by atoms with E-state index >= 15 is 0 Å². The minimum Gasteiger partial charge on any atom is -0.481 e. The first-order chi connectivity index (χ1) is 12.2. The van der Waals surface area contributed by atoms with E-state index in [1.54, 1.807) is 0 Å². The van der Waals surface area contributed by atoms with Crippen LogP contribution in [0, 0.1) is 11.3 Å². The molecular weight excluding hydrogens is 347 g/mol. The van der Waals surface area contributed by atoms with Crippen molar-refractivity contribution in [2.45, 2.75) is 104 Å². The van der Waals surface area contributed by atoms with Gasteiger partial charge in [-0.25, -0.2) is 4.67 Å². The first-order valence-electron chi connectivity index (χ1n) is 10.2. The van der Waals surface area contributed by atoms with Gasteiger partial charge in [-0.2, -0.15) is 5.26 Å². The van der Waals surface area contributed by atoms with E-state index in [1.165, 1.54) is 0 Å². The molecule has 152 valence electrons. The third-order valence-electron chi connectivity index (χ3n) is 4.70. The van der Waals surface area contributed by atoms with Crippen molar-refractivity contribution in [1.29, 1.82) is 5.26 Å². The molecule has 0 aromatic carbocycles. The number of hydrogen-bond acceptors (Lipinski definition) is 3. The zero-order chi connectivity index (χ0) is 20.0. The molecule has 1 unspecified atom stereocenters. The summed E-state index contributed by atoms with van der Waals surface area (Å²) in [6.45, 7) is 8.35. The monoisotopic (exact) mass is 386 g/mol. The first-order valence-corrected chi connectivity index (χ1v) is 12.2. The van der Waals surface area contributed by atoms with Crippen molar-refractivity contribution in [1.82, 2.24) is 4.67 Å². The summed E-state index contributed by atoms with van der Waals surface area (Å²) in [6.07, 6.45) is 10.2. The maximum absolute atomic E-state index is 13.5. The Labute approximate surface area is 160 Å². The summed E-state index contributed by atoms with van der Waals surface area (Å²) in [7, 11) is -2.48. The number of carboxylic acid groups (broad SMARTS) is 1. The van der Waals surface area contributed by atoms with E-state index in [2.05, 4.69) is 38.4 Å². The molecule has 26 heavy (non-hydrogen) atoms. The lowest BCUT2D eigenvalue weighted by molar-refractivity contribution is -0.137. The van der Waals surface area contributed by atoms with E-state index in [1.807, 2.05) is 0 Å². The molecule has 0 saturated heterocycles. The van der Waals surface area contributed by atoms with E-state index in [0.717, 1.165) is 51.4 Å². The minimum atomic E-state index is -2.48. The summed E-state index contributed by atoms with van der Waals surface area (Å²) in [6, 6.07) is 2.62. The molecule has 0 aliphatic rings. The molecule has 1 atom stereocenters. The Balaban J connectivity index is 4.17. The van der Waals surface area contributed by atoms with Gasteiger partial charge in [0, 0.05) is 37.2 Å². The van der Waals surface area contributed by atoms with Crippen LogP contribution in [0.5, 0.6) is 0 Å². The molecule has 0 aromatic rings. The second-order valence-corrected chi connectivity index (χ2v) is 10.8. The fourth-order valence-electron chi connectivity index (χ4n) is 3.70. The molecule has 0 rings (SSSR count). The van der Waals surface area contributed by atoms with Gasteiger partial charge >= 0.3 is 5.97 Å². The van der Waals surface area contributed by atoms with Gasteiger partial charge in [0.15, 0.2) is 7.29 Å². The molecule has 0 heterocycles. The predicted molar refractivity (Wildman–Crippen MR) is 109 cm³/mol. The largest absolute Gasteiger partial charge is 0.481 e. The summed E-state index contributed by atoms with van der Waals surface area (Å²) >= 11 is 0. The Morgan fingerprint density at radius 3 is 1.81 bits per heavy atom. The summed E-state index contributed by atoms with van der Waals surface area (Å²) in [5.74, 6) is -0.706. The number of unbranched alkanes of at least 4 members (excludes halogenated alkanes) is 7. The number of nitriles is 1. The molecule has 0 amide bonds. The van der Waals surface area contributed by atoms with Crippen molar-refractivity contribution in [2.75, 3.05) is 12.3 Å². The maximum Gasteiger partial charge on any atom is 0.303 e. The Hall–Kier alpha value is -0.850. The highest BCUT2D eigenvalue weighted by atomic mass is 31.2. The van der Waals surface area contributed by atoms with Crippen LogP contribution in [0.1, 0.15) is 91.9 Å². The van der Waals surface area contributed by atoms with Gasteiger partial charge in [0.25, 0.3) is 0 Å². The topological polar surface area (TPSA) is 81.4 Å². The van der Waals surface area contributed by atoms with E-state index in [-0.39, 0.29) is 18.5 Å². The zero-order valence-electron chi connectivity index (χ0n) is 17.2. The van der Waals surface area contributed by atoms with E-state index in [9.17, 15) is 9.36 Å². The predicted octanol–water partition coefficient (Wildman–Crippen LogP) is 5.89. The molecule has 0 spiro atoms. The van der Waals surface area contributed by atoms with Crippen molar-refractivity contribution in [3.8, 4) is 6.07 Å². The van der Waals surface area contributed by atoms with Crippen LogP contribution in [0.15, 0.2) is 0 Å². The van der Waals surface area contributed by atoms with Crippen LogP contribution in [0.2, 0.25) is 0 Å². The maximum atomic E-state index is 13.5. The van der Waals surface area contributed by atoms with Crippen molar-refractivity contribution in [3.63, 3.8) is 0 Å². The second-order valence-electron chi connectivity index (χ2n) is 7.74. The number of aliphatic carboxylic acids is 1. The van der Waals surface area contributed by atoms with E-state index in [0.29, 0.717) is 18.7 Å². The van der Waals surface area contributed by atoms with Crippen LogP contribution >= 0.6 is 7.29 Å². The highest BCUT2D eigenvalue weighted by Gasteiger charge is 2.33. The third-order valence-corrected chi connectivity index (χ3v) is 8.40. The lowest BCUT2D eigenvalue weighted by Crippen LogP contribution is -2.36. The Bertz CT molecular complexity index is 464. The second kappa shape index (κ2) is 14.2. The van der Waals surface area contributed by atoms with Crippen molar-refractivity contribution < 1.29 is 14.5 Å². The number of rotatable bonds is 16. The summed E-state index contributed by atoms with van der Waals surface area (Å²) in [5, 5.41) is 17.5. The van der Waals surface area contributed by atoms with Gasteiger partial charge in [0.2, 0.25) is 0 Å². The average molecular weight is 387 g/mol. The quantitative estimate of drug-likeness (QED) is 0.264. The highest BCUT2D eigenvalue weighted by Crippen LogP contribution is 2.53. The number of nitrogens with zero attached hydrogens (tertiary/aromatic N) is 2. The lowest BCUT2D eigenvalue weighted by atomic mass is 10.1. The Kier molecular flexibility index (Phi) is 13.8. The molecule has 0 aromatic heterocycles. The Morgan fingerprint density at radius 1 is 0.923 bits per heavy atom. The van der Waals surface area contributed by atoms with Crippen molar-refractivity contribution >= 4 is 13.3 Å². The standard InChI is InChI=1S/C20H39N2O3P/c1-18(2)22(19(3)4)26(25,17-13-15-21)16-12-10-8-6-5-7-9-11-14-20(23)24/h18-19H,5-14,16-17H2,1-4H3,(H,23,24).